The average molecular weight is 474 g/mol. The number of nitrogens with one attached hydrogen (secondary N) is 2. The summed E-state index contributed by atoms with van der Waals surface area (Å²) in [6, 6.07) is 10.2. The lowest BCUT2D eigenvalue weighted by atomic mass is 10.2. The van der Waals surface area contributed by atoms with Gasteiger partial charge in [0.2, 0.25) is 0 Å². The molecule has 0 bridgehead atoms. The zero-order valence-electron chi connectivity index (χ0n) is 15.0. The molecule has 0 spiro atoms. The van der Waals surface area contributed by atoms with Gasteiger partial charge >= 0.3 is 0 Å². The van der Waals surface area contributed by atoms with Crippen molar-refractivity contribution in [2.45, 2.75) is 33.9 Å². The molecule has 138 valence electrons. The predicted octanol–water partition coefficient (Wildman–Crippen LogP) is 3.65. The van der Waals surface area contributed by atoms with Crippen molar-refractivity contribution in [2.75, 3.05) is 19.7 Å². The maximum absolute atomic E-state index is 5.68. The van der Waals surface area contributed by atoms with Crippen LogP contribution in [0.5, 0.6) is 0 Å². The minimum Gasteiger partial charge on any atom is -0.375 e. The highest BCUT2D eigenvalue weighted by atomic mass is 127. The number of nitrogens with zero attached hydrogens (tertiary/aromatic N) is 2. The molecule has 2 N–H and O–H groups in total. The molecule has 1 heterocycles. The van der Waals surface area contributed by atoms with Crippen molar-refractivity contribution in [3.05, 3.63) is 51.5 Å². The number of halogens is 1. The Kier molecular flexibility index (Phi) is 10.7. The molecule has 0 fully saturated rings. The van der Waals surface area contributed by atoms with E-state index in [0.717, 1.165) is 29.8 Å². The lowest BCUT2D eigenvalue weighted by molar-refractivity contribution is 0.125. The van der Waals surface area contributed by atoms with Crippen LogP contribution in [0, 0.1) is 13.8 Å². The van der Waals surface area contributed by atoms with E-state index in [4.69, 9.17) is 4.74 Å². The molecule has 0 radical (unpaired) electrons. The molecule has 0 unspecified atom stereocenters. The summed E-state index contributed by atoms with van der Waals surface area (Å²) in [5.41, 5.74) is 2.26. The van der Waals surface area contributed by atoms with Gasteiger partial charge in [0.15, 0.2) is 5.96 Å². The number of ether oxygens (including phenoxy) is 1. The molecule has 2 aromatic rings. The fourth-order valence-corrected chi connectivity index (χ4v) is 3.08. The second-order valence-corrected chi connectivity index (χ2v) is 6.69. The second kappa shape index (κ2) is 12.2. The van der Waals surface area contributed by atoms with E-state index < -0.39 is 0 Å². The predicted molar refractivity (Wildman–Crippen MR) is 116 cm³/mol. The Morgan fingerprint density at radius 3 is 2.60 bits per heavy atom. The van der Waals surface area contributed by atoms with Crippen LogP contribution in [-0.4, -0.2) is 30.6 Å². The summed E-state index contributed by atoms with van der Waals surface area (Å²) in [7, 11) is 0. The summed E-state index contributed by atoms with van der Waals surface area (Å²) < 4.78 is 5.68. The molecule has 0 atom stereocenters. The van der Waals surface area contributed by atoms with Crippen molar-refractivity contribution >= 4 is 41.3 Å². The minimum absolute atomic E-state index is 0. The number of aliphatic imine (C=N–C) groups is 1. The van der Waals surface area contributed by atoms with Crippen LogP contribution in [0.15, 0.2) is 35.3 Å². The van der Waals surface area contributed by atoms with Gasteiger partial charge in [-0.25, -0.2) is 9.98 Å². The standard InChI is InChI=1S/C18H26N4OS.HI/c1-4-19-18(21-12-17-14(2)22-15(3)24-17)20-10-11-23-13-16-8-6-5-7-9-16;/h5-9H,4,10-13H2,1-3H3,(H2,19,20,21);1H. The topological polar surface area (TPSA) is 58.5 Å². The largest absolute Gasteiger partial charge is 0.375 e. The van der Waals surface area contributed by atoms with Crippen molar-refractivity contribution in [1.29, 1.82) is 0 Å². The van der Waals surface area contributed by atoms with Crippen molar-refractivity contribution < 1.29 is 4.74 Å². The number of aryl methyl sites for hydroxylation is 2. The molecule has 0 saturated heterocycles. The van der Waals surface area contributed by atoms with E-state index >= 15 is 0 Å². The minimum atomic E-state index is 0. The normalized spacial score (nSPS) is 11.1. The molecule has 1 aromatic carbocycles. The highest BCUT2D eigenvalue weighted by Crippen LogP contribution is 2.17. The molecule has 0 aliphatic rings. The Bertz CT molecular complexity index is 646. The molecule has 5 nitrogen and oxygen atoms in total. The molecule has 2 rings (SSSR count). The first-order chi connectivity index (χ1) is 11.7. The Balaban J connectivity index is 0.00000312. The number of thiazole rings is 1. The lowest BCUT2D eigenvalue weighted by Gasteiger charge is -2.11. The van der Waals surface area contributed by atoms with Crippen LogP contribution in [0.25, 0.3) is 0 Å². The first-order valence-electron chi connectivity index (χ1n) is 8.25. The number of aromatic nitrogens is 1. The fraction of sp³-hybridized carbons (Fsp3) is 0.444. The zero-order valence-corrected chi connectivity index (χ0v) is 18.2. The van der Waals surface area contributed by atoms with Crippen molar-refractivity contribution in [1.82, 2.24) is 15.6 Å². The van der Waals surface area contributed by atoms with E-state index in [2.05, 4.69) is 39.7 Å². The third kappa shape index (κ3) is 8.15. The molecule has 25 heavy (non-hydrogen) atoms. The number of benzene rings is 1. The van der Waals surface area contributed by atoms with Crippen molar-refractivity contribution in [3.8, 4) is 0 Å². The highest BCUT2D eigenvalue weighted by Gasteiger charge is 2.04. The van der Waals surface area contributed by atoms with Crippen LogP contribution < -0.4 is 10.6 Å². The first-order valence-corrected chi connectivity index (χ1v) is 9.07. The van der Waals surface area contributed by atoms with E-state index in [1.165, 1.54) is 10.4 Å². The van der Waals surface area contributed by atoms with Gasteiger partial charge in [-0.05, 0) is 26.3 Å². The van der Waals surface area contributed by atoms with Crippen molar-refractivity contribution in [3.63, 3.8) is 0 Å². The summed E-state index contributed by atoms with van der Waals surface area (Å²) >= 11 is 1.71. The monoisotopic (exact) mass is 474 g/mol. The summed E-state index contributed by atoms with van der Waals surface area (Å²) in [6.07, 6.45) is 0. The van der Waals surface area contributed by atoms with E-state index in [1.54, 1.807) is 11.3 Å². The van der Waals surface area contributed by atoms with Gasteiger partial charge in [0.25, 0.3) is 0 Å². The smallest absolute Gasteiger partial charge is 0.191 e. The molecule has 1 aromatic heterocycles. The molecule has 7 heteroatoms. The van der Waals surface area contributed by atoms with E-state index in [1.807, 2.05) is 32.0 Å². The van der Waals surface area contributed by atoms with E-state index in [0.29, 0.717) is 19.8 Å². The van der Waals surface area contributed by atoms with Crippen LogP contribution in [0.2, 0.25) is 0 Å². The second-order valence-electron chi connectivity index (χ2n) is 5.40. The summed E-state index contributed by atoms with van der Waals surface area (Å²) in [6.45, 7) is 9.59. The van der Waals surface area contributed by atoms with Gasteiger partial charge in [-0.2, -0.15) is 0 Å². The van der Waals surface area contributed by atoms with Crippen LogP contribution in [0.4, 0.5) is 0 Å². The third-order valence-corrected chi connectivity index (χ3v) is 4.43. The quantitative estimate of drug-likeness (QED) is 0.266. The number of hydrogen-bond donors (Lipinski definition) is 2. The number of hydrogen-bond acceptors (Lipinski definition) is 4. The molecule has 0 aliphatic carbocycles. The van der Waals surface area contributed by atoms with Gasteiger partial charge in [-0.1, -0.05) is 30.3 Å². The van der Waals surface area contributed by atoms with Crippen LogP contribution in [0.1, 0.15) is 28.1 Å². The van der Waals surface area contributed by atoms with Gasteiger partial charge < -0.3 is 15.4 Å². The maximum Gasteiger partial charge on any atom is 0.191 e. The fourth-order valence-electron chi connectivity index (χ4n) is 2.22. The third-order valence-electron chi connectivity index (χ3n) is 3.37. The molecule has 0 saturated carbocycles. The van der Waals surface area contributed by atoms with Crippen molar-refractivity contribution in [2.24, 2.45) is 4.99 Å². The SMILES string of the molecule is CCNC(=NCc1sc(C)nc1C)NCCOCc1ccccc1.I. The molecule has 0 amide bonds. The van der Waals surface area contributed by atoms with E-state index in [9.17, 15) is 0 Å². The highest BCUT2D eigenvalue weighted by molar-refractivity contribution is 14.0. The van der Waals surface area contributed by atoms with Gasteiger partial charge in [-0.3, -0.25) is 0 Å². The zero-order chi connectivity index (χ0) is 17.2. The summed E-state index contributed by atoms with van der Waals surface area (Å²) in [5, 5.41) is 7.64. The van der Waals surface area contributed by atoms with Gasteiger partial charge in [-0.15, -0.1) is 35.3 Å². The Morgan fingerprint density at radius 1 is 1.20 bits per heavy atom. The van der Waals surface area contributed by atoms with Crippen LogP contribution >= 0.6 is 35.3 Å². The molecule has 0 aliphatic heterocycles. The lowest BCUT2D eigenvalue weighted by Crippen LogP contribution is -2.38. The first kappa shape index (κ1) is 21.9. The van der Waals surface area contributed by atoms with Gasteiger partial charge in [0.1, 0.15) is 0 Å². The molecular formula is C18H27IN4OS. The van der Waals surface area contributed by atoms with E-state index in [-0.39, 0.29) is 24.0 Å². The summed E-state index contributed by atoms with van der Waals surface area (Å²) in [4.78, 5) is 10.3. The number of rotatable bonds is 8. The van der Waals surface area contributed by atoms with Gasteiger partial charge in [0, 0.05) is 18.0 Å². The Morgan fingerprint density at radius 2 is 1.96 bits per heavy atom. The maximum atomic E-state index is 5.68. The Labute approximate surface area is 171 Å². The van der Waals surface area contributed by atoms with Gasteiger partial charge in [0.05, 0.1) is 30.5 Å². The van der Waals surface area contributed by atoms with Crippen LogP contribution in [0.3, 0.4) is 0 Å². The average Bonchev–Trinajstić information content (AvgIpc) is 2.90. The number of guanidine groups is 1. The van der Waals surface area contributed by atoms with Crippen LogP contribution in [-0.2, 0) is 17.9 Å². The summed E-state index contributed by atoms with van der Waals surface area (Å²) in [5.74, 6) is 0.811. The Hall–Kier alpha value is -1.19. The molecular weight excluding hydrogens is 447 g/mol.